The molecule has 1 heterocycles. The van der Waals surface area contributed by atoms with E-state index >= 15 is 0 Å². The summed E-state index contributed by atoms with van der Waals surface area (Å²) in [6.45, 7) is 6.99. The predicted octanol–water partition coefficient (Wildman–Crippen LogP) is 2.44. The number of hydrogen-bond acceptors (Lipinski definition) is 3. The summed E-state index contributed by atoms with van der Waals surface area (Å²) in [4.78, 5) is 13.6. The number of likely N-dealkylation sites (tertiary alicyclic amines) is 1. The Morgan fingerprint density at radius 2 is 2.09 bits per heavy atom. The van der Waals surface area contributed by atoms with Gasteiger partial charge in [-0.3, -0.25) is 9.69 Å². The molecule has 2 atom stereocenters. The van der Waals surface area contributed by atoms with E-state index in [2.05, 4.69) is 17.1 Å². The summed E-state index contributed by atoms with van der Waals surface area (Å²) in [6, 6.07) is 6.31. The fraction of sp³-hybridized carbons (Fsp3) is 0.588. The molecular weight excluding hydrogens is 283 g/mol. The fourth-order valence-corrected chi connectivity index (χ4v) is 3.05. The van der Waals surface area contributed by atoms with E-state index in [0.717, 1.165) is 32.5 Å². The van der Waals surface area contributed by atoms with E-state index in [0.29, 0.717) is 18.3 Å². The van der Waals surface area contributed by atoms with E-state index in [9.17, 15) is 9.18 Å². The third-order valence-electron chi connectivity index (χ3n) is 4.05. The number of carbonyl (C=O) groups excluding carboxylic acids is 1. The van der Waals surface area contributed by atoms with Crippen LogP contribution in [0.3, 0.4) is 0 Å². The molecular formula is C17H25FN2O2. The number of ether oxygens (including phenoxy) is 1. The van der Waals surface area contributed by atoms with Crippen molar-refractivity contribution in [2.24, 2.45) is 5.92 Å². The van der Waals surface area contributed by atoms with Gasteiger partial charge in [-0.2, -0.15) is 0 Å². The van der Waals surface area contributed by atoms with Crippen molar-refractivity contribution in [1.82, 2.24) is 10.2 Å². The number of hydrogen-bond donors (Lipinski definition) is 1. The molecule has 1 amide bonds. The van der Waals surface area contributed by atoms with Gasteiger partial charge in [0.2, 0.25) is 5.91 Å². The van der Waals surface area contributed by atoms with Gasteiger partial charge in [0.25, 0.3) is 0 Å². The average Bonchev–Trinajstić information content (AvgIpc) is 2.83. The molecule has 4 nitrogen and oxygen atoms in total. The van der Waals surface area contributed by atoms with Crippen LogP contribution in [-0.2, 0) is 4.79 Å². The van der Waals surface area contributed by atoms with Gasteiger partial charge in [0.15, 0.2) is 0 Å². The molecule has 0 spiro atoms. The lowest BCUT2D eigenvalue weighted by Gasteiger charge is -2.18. The minimum Gasteiger partial charge on any atom is -0.492 e. The number of rotatable bonds is 7. The molecule has 0 bridgehead atoms. The highest BCUT2D eigenvalue weighted by atomic mass is 19.1. The number of nitrogens with zero attached hydrogens (tertiary/aromatic N) is 1. The predicted molar refractivity (Wildman–Crippen MR) is 84.3 cm³/mol. The van der Waals surface area contributed by atoms with Crippen molar-refractivity contribution in [1.29, 1.82) is 0 Å². The van der Waals surface area contributed by atoms with Crippen LogP contribution in [0.4, 0.5) is 4.39 Å². The number of carbonyl (C=O) groups is 1. The van der Waals surface area contributed by atoms with Gasteiger partial charge in [-0.1, -0.05) is 13.3 Å². The molecule has 0 saturated carbocycles. The molecule has 1 aliphatic rings. The number of benzene rings is 1. The van der Waals surface area contributed by atoms with Crippen LogP contribution < -0.4 is 10.1 Å². The van der Waals surface area contributed by atoms with Gasteiger partial charge in [0, 0.05) is 32.6 Å². The second-order valence-corrected chi connectivity index (χ2v) is 5.92. The Morgan fingerprint density at radius 3 is 2.73 bits per heavy atom. The first-order valence-corrected chi connectivity index (χ1v) is 7.96. The lowest BCUT2D eigenvalue weighted by Crippen LogP contribution is -2.39. The fourth-order valence-electron chi connectivity index (χ4n) is 3.05. The molecule has 1 aliphatic heterocycles. The Morgan fingerprint density at radius 1 is 1.36 bits per heavy atom. The van der Waals surface area contributed by atoms with Gasteiger partial charge >= 0.3 is 0 Å². The zero-order chi connectivity index (χ0) is 15.9. The molecule has 0 radical (unpaired) electrons. The Kier molecular flexibility index (Phi) is 6.19. The summed E-state index contributed by atoms with van der Waals surface area (Å²) in [6.07, 6.45) is 2.25. The van der Waals surface area contributed by atoms with Gasteiger partial charge in [-0.25, -0.2) is 4.39 Å². The third kappa shape index (κ3) is 4.98. The van der Waals surface area contributed by atoms with E-state index in [1.54, 1.807) is 19.1 Å². The minimum absolute atomic E-state index is 0.0375. The molecule has 1 fully saturated rings. The van der Waals surface area contributed by atoms with Crippen LogP contribution in [0.15, 0.2) is 24.3 Å². The molecule has 0 aromatic heterocycles. The zero-order valence-electron chi connectivity index (χ0n) is 13.3. The van der Waals surface area contributed by atoms with Crippen LogP contribution in [0.25, 0.3) is 0 Å². The van der Waals surface area contributed by atoms with Crippen molar-refractivity contribution in [2.75, 3.05) is 26.2 Å². The first kappa shape index (κ1) is 16.7. The average molecular weight is 308 g/mol. The highest BCUT2D eigenvalue weighted by Crippen LogP contribution is 2.21. The summed E-state index contributed by atoms with van der Waals surface area (Å²) in [7, 11) is 0. The molecule has 5 heteroatoms. The maximum atomic E-state index is 12.8. The van der Waals surface area contributed by atoms with Crippen LogP contribution in [0.2, 0.25) is 0 Å². The van der Waals surface area contributed by atoms with Crippen molar-refractivity contribution in [3.05, 3.63) is 30.1 Å². The van der Waals surface area contributed by atoms with E-state index in [4.69, 9.17) is 4.74 Å². The molecule has 1 N–H and O–H groups in total. The molecule has 122 valence electrons. The maximum Gasteiger partial charge on any atom is 0.217 e. The van der Waals surface area contributed by atoms with Gasteiger partial charge in [-0.05, 0) is 36.6 Å². The molecule has 1 aromatic rings. The topological polar surface area (TPSA) is 41.6 Å². The van der Waals surface area contributed by atoms with Crippen LogP contribution in [0, 0.1) is 11.7 Å². The minimum atomic E-state index is -0.257. The maximum absolute atomic E-state index is 12.8. The van der Waals surface area contributed by atoms with Crippen molar-refractivity contribution in [2.45, 2.75) is 32.7 Å². The van der Waals surface area contributed by atoms with Crippen molar-refractivity contribution >= 4 is 5.91 Å². The Labute approximate surface area is 131 Å². The summed E-state index contributed by atoms with van der Waals surface area (Å²) >= 11 is 0. The molecule has 22 heavy (non-hydrogen) atoms. The van der Waals surface area contributed by atoms with Gasteiger partial charge < -0.3 is 10.1 Å². The lowest BCUT2D eigenvalue weighted by molar-refractivity contribution is -0.119. The molecule has 0 unspecified atom stereocenters. The Bertz CT molecular complexity index is 478. The molecule has 0 aliphatic carbocycles. The van der Waals surface area contributed by atoms with Crippen LogP contribution in [0.5, 0.6) is 5.75 Å². The van der Waals surface area contributed by atoms with E-state index in [-0.39, 0.29) is 17.8 Å². The Hall–Kier alpha value is -1.62. The van der Waals surface area contributed by atoms with Gasteiger partial charge in [-0.15, -0.1) is 0 Å². The third-order valence-corrected chi connectivity index (χ3v) is 4.05. The zero-order valence-corrected chi connectivity index (χ0v) is 13.3. The number of nitrogens with one attached hydrogen (secondary N) is 1. The summed E-state index contributed by atoms with van der Waals surface area (Å²) in [5, 5.41) is 3.06. The molecule has 1 aromatic carbocycles. The first-order chi connectivity index (χ1) is 10.6. The summed E-state index contributed by atoms with van der Waals surface area (Å²) in [5.74, 6) is 0.979. The van der Waals surface area contributed by atoms with Gasteiger partial charge in [0.1, 0.15) is 18.2 Å². The second-order valence-electron chi connectivity index (χ2n) is 5.92. The normalized spacial score (nSPS) is 21.8. The van der Waals surface area contributed by atoms with Crippen LogP contribution >= 0.6 is 0 Å². The smallest absolute Gasteiger partial charge is 0.217 e. The van der Waals surface area contributed by atoms with E-state index < -0.39 is 0 Å². The molecule has 1 saturated heterocycles. The highest BCUT2D eigenvalue weighted by molar-refractivity contribution is 5.73. The van der Waals surface area contributed by atoms with Crippen molar-refractivity contribution in [3.63, 3.8) is 0 Å². The summed E-state index contributed by atoms with van der Waals surface area (Å²) < 4.78 is 18.5. The van der Waals surface area contributed by atoms with Crippen molar-refractivity contribution in [3.8, 4) is 5.75 Å². The van der Waals surface area contributed by atoms with Crippen LogP contribution in [0.1, 0.15) is 26.7 Å². The Balaban J connectivity index is 1.78. The first-order valence-electron chi connectivity index (χ1n) is 7.96. The SMILES string of the molecule is CCC[C@@H]1CN(CCOc2ccc(F)cc2)C[C@H]1NC(C)=O. The second kappa shape index (κ2) is 8.13. The monoisotopic (exact) mass is 308 g/mol. The summed E-state index contributed by atoms with van der Waals surface area (Å²) in [5.41, 5.74) is 0. The van der Waals surface area contributed by atoms with Crippen molar-refractivity contribution < 1.29 is 13.9 Å². The largest absolute Gasteiger partial charge is 0.492 e. The quantitative estimate of drug-likeness (QED) is 0.841. The van der Waals surface area contributed by atoms with E-state index in [1.807, 2.05) is 0 Å². The van der Waals surface area contributed by atoms with Crippen LogP contribution in [-0.4, -0.2) is 43.1 Å². The number of halogens is 1. The van der Waals surface area contributed by atoms with Gasteiger partial charge in [0.05, 0.1) is 0 Å². The lowest BCUT2D eigenvalue weighted by atomic mass is 9.98. The number of amides is 1. The highest BCUT2D eigenvalue weighted by Gasteiger charge is 2.32. The standard InChI is InChI=1S/C17H25FN2O2/c1-3-4-14-11-20(12-17(14)19-13(2)21)9-10-22-16-7-5-15(18)6-8-16/h5-8,14,17H,3-4,9-12H2,1-2H3,(H,19,21)/t14-,17-/m1/s1. The van der Waals surface area contributed by atoms with E-state index in [1.165, 1.54) is 12.1 Å². The molecule has 2 rings (SSSR count).